The van der Waals surface area contributed by atoms with E-state index in [1.165, 1.54) is 7.11 Å². The first-order valence-electron chi connectivity index (χ1n) is 8.06. The average molecular weight is 295 g/mol. The van der Waals surface area contributed by atoms with Crippen LogP contribution in [-0.2, 0) is 19.1 Å². The summed E-state index contributed by atoms with van der Waals surface area (Å²) in [5, 5.41) is 0. The van der Waals surface area contributed by atoms with E-state index in [0.29, 0.717) is 12.5 Å². The Balaban J connectivity index is 1.79. The molecule has 0 spiro atoms. The van der Waals surface area contributed by atoms with Crippen molar-refractivity contribution in [3.63, 3.8) is 0 Å². The molecule has 3 aliphatic rings. The summed E-state index contributed by atoms with van der Waals surface area (Å²) in [4.78, 5) is 26.8. The number of ether oxygens (including phenoxy) is 2. The molecule has 0 aromatic carbocycles. The zero-order valence-corrected chi connectivity index (χ0v) is 13.1. The molecule has 3 fully saturated rings. The molecule has 0 N–H and O–H groups in total. The van der Waals surface area contributed by atoms with Crippen molar-refractivity contribution in [3.05, 3.63) is 0 Å². The highest BCUT2D eigenvalue weighted by Crippen LogP contribution is 2.43. The van der Waals surface area contributed by atoms with Gasteiger partial charge in [-0.05, 0) is 43.9 Å². The molecule has 2 aliphatic heterocycles. The summed E-state index contributed by atoms with van der Waals surface area (Å²) in [7, 11) is 1.41. The third kappa shape index (κ3) is 2.45. The first kappa shape index (κ1) is 14.8. The SMILES string of the molecule is COC(=O)C1C2CCCC2CN1C(=O)C1OC(C)CC1C. The topological polar surface area (TPSA) is 55.8 Å². The normalized spacial score (nSPS) is 42.1. The fourth-order valence-electron chi connectivity index (χ4n) is 4.51. The number of nitrogens with zero attached hydrogens (tertiary/aromatic N) is 1. The van der Waals surface area contributed by atoms with Crippen molar-refractivity contribution < 1.29 is 19.1 Å². The van der Waals surface area contributed by atoms with Crippen molar-refractivity contribution in [1.82, 2.24) is 4.90 Å². The molecular weight excluding hydrogens is 270 g/mol. The van der Waals surface area contributed by atoms with E-state index < -0.39 is 12.1 Å². The molecule has 0 radical (unpaired) electrons. The molecule has 21 heavy (non-hydrogen) atoms. The number of likely N-dealkylation sites (tertiary alicyclic amines) is 1. The smallest absolute Gasteiger partial charge is 0.328 e. The Kier molecular flexibility index (Phi) is 3.95. The maximum absolute atomic E-state index is 12.9. The lowest BCUT2D eigenvalue weighted by Crippen LogP contribution is -2.49. The molecule has 0 aromatic rings. The van der Waals surface area contributed by atoms with Crippen molar-refractivity contribution in [1.29, 1.82) is 0 Å². The summed E-state index contributed by atoms with van der Waals surface area (Å²) < 4.78 is 10.7. The van der Waals surface area contributed by atoms with Crippen LogP contribution in [0.2, 0.25) is 0 Å². The molecule has 5 nitrogen and oxygen atoms in total. The molecule has 6 unspecified atom stereocenters. The van der Waals surface area contributed by atoms with Crippen LogP contribution in [0.25, 0.3) is 0 Å². The monoisotopic (exact) mass is 295 g/mol. The van der Waals surface area contributed by atoms with Crippen molar-refractivity contribution in [3.8, 4) is 0 Å². The molecule has 118 valence electrons. The first-order chi connectivity index (χ1) is 10.0. The number of rotatable bonds is 2. The Morgan fingerprint density at radius 2 is 2.00 bits per heavy atom. The van der Waals surface area contributed by atoms with E-state index >= 15 is 0 Å². The number of hydrogen-bond acceptors (Lipinski definition) is 4. The number of carbonyl (C=O) groups is 2. The third-order valence-electron chi connectivity index (χ3n) is 5.46. The van der Waals surface area contributed by atoms with Crippen LogP contribution in [0.5, 0.6) is 0 Å². The average Bonchev–Trinajstić information content (AvgIpc) is 3.10. The molecule has 1 aliphatic carbocycles. The van der Waals surface area contributed by atoms with Crippen LogP contribution in [0.1, 0.15) is 39.5 Å². The van der Waals surface area contributed by atoms with E-state index in [0.717, 1.165) is 25.7 Å². The zero-order chi connectivity index (χ0) is 15.1. The maximum atomic E-state index is 12.9. The molecule has 5 heteroatoms. The van der Waals surface area contributed by atoms with Gasteiger partial charge in [0, 0.05) is 6.54 Å². The highest BCUT2D eigenvalue weighted by atomic mass is 16.5. The van der Waals surface area contributed by atoms with Crippen LogP contribution in [0, 0.1) is 17.8 Å². The predicted octanol–water partition coefficient (Wildman–Crippen LogP) is 1.60. The maximum Gasteiger partial charge on any atom is 0.328 e. The standard InChI is InChI=1S/C16H25NO4/c1-9-7-10(2)21-14(9)15(18)17-8-11-5-4-6-12(11)13(17)16(19)20-3/h9-14H,4-8H2,1-3H3. The molecule has 0 aromatic heterocycles. The van der Waals surface area contributed by atoms with Gasteiger partial charge in [0.2, 0.25) is 0 Å². The summed E-state index contributed by atoms with van der Waals surface area (Å²) in [5.41, 5.74) is 0. The number of fused-ring (bicyclic) bond motifs is 1. The largest absolute Gasteiger partial charge is 0.467 e. The number of amides is 1. The highest BCUT2D eigenvalue weighted by Gasteiger charge is 2.52. The van der Waals surface area contributed by atoms with Crippen molar-refractivity contribution in [2.45, 2.75) is 57.8 Å². The molecule has 1 saturated carbocycles. The van der Waals surface area contributed by atoms with Gasteiger partial charge in [0.05, 0.1) is 13.2 Å². The van der Waals surface area contributed by atoms with Gasteiger partial charge in [-0.25, -0.2) is 4.79 Å². The number of methoxy groups -OCH3 is 1. The summed E-state index contributed by atoms with van der Waals surface area (Å²) >= 11 is 0. The van der Waals surface area contributed by atoms with E-state index in [9.17, 15) is 9.59 Å². The number of hydrogen-bond donors (Lipinski definition) is 0. The lowest BCUT2D eigenvalue weighted by molar-refractivity contribution is -0.157. The lowest BCUT2D eigenvalue weighted by atomic mass is 9.94. The van der Waals surface area contributed by atoms with Gasteiger partial charge in [0.15, 0.2) is 0 Å². The van der Waals surface area contributed by atoms with Crippen molar-refractivity contribution in [2.75, 3.05) is 13.7 Å². The molecule has 0 bridgehead atoms. The van der Waals surface area contributed by atoms with E-state index in [2.05, 4.69) is 6.92 Å². The van der Waals surface area contributed by atoms with Gasteiger partial charge in [0.25, 0.3) is 5.91 Å². The zero-order valence-electron chi connectivity index (χ0n) is 13.1. The second-order valence-electron chi connectivity index (χ2n) is 6.89. The lowest BCUT2D eigenvalue weighted by Gasteiger charge is -2.29. The molecule has 2 saturated heterocycles. The van der Waals surface area contributed by atoms with Gasteiger partial charge < -0.3 is 14.4 Å². The summed E-state index contributed by atoms with van der Waals surface area (Å²) in [5.74, 6) is 0.655. The second-order valence-corrected chi connectivity index (χ2v) is 6.89. The minimum atomic E-state index is -0.401. The van der Waals surface area contributed by atoms with E-state index in [1.54, 1.807) is 4.90 Å². The van der Waals surface area contributed by atoms with Crippen LogP contribution < -0.4 is 0 Å². The van der Waals surface area contributed by atoms with Crippen LogP contribution in [0.15, 0.2) is 0 Å². The van der Waals surface area contributed by atoms with Crippen LogP contribution >= 0.6 is 0 Å². The summed E-state index contributed by atoms with van der Waals surface area (Å²) in [6.45, 7) is 4.74. The fourth-order valence-corrected chi connectivity index (χ4v) is 4.51. The van der Waals surface area contributed by atoms with E-state index in [-0.39, 0.29) is 29.8 Å². The van der Waals surface area contributed by atoms with Crippen LogP contribution in [0.4, 0.5) is 0 Å². The minimum Gasteiger partial charge on any atom is -0.467 e. The van der Waals surface area contributed by atoms with Gasteiger partial charge in [-0.15, -0.1) is 0 Å². The summed E-state index contributed by atoms with van der Waals surface area (Å²) in [6, 6.07) is -0.401. The molecule has 6 atom stereocenters. The quantitative estimate of drug-likeness (QED) is 0.726. The van der Waals surface area contributed by atoms with Crippen LogP contribution in [-0.4, -0.2) is 48.7 Å². The number of esters is 1. The van der Waals surface area contributed by atoms with Gasteiger partial charge in [0.1, 0.15) is 12.1 Å². The Morgan fingerprint density at radius 3 is 2.62 bits per heavy atom. The van der Waals surface area contributed by atoms with E-state index in [1.807, 2.05) is 6.92 Å². The second kappa shape index (κ2) is 5.59. The van der Waals surface area contributed by atoms with Gasteiger partial charge in [-0.2, -0.15) is 0 Å². The van der Waals surface area contributed by atoms with Crippen molar-refractivity contribution in [2.24, 2.45) is 17.8 Å². The highest BCUT2D eigenvalue weighted by molar-refractivity contribution is 5.88. The molecule has 2 heterocycles. The Labute approximate surface area is 126 Å². The summed E-state index contributed by atoms with van der Waals surface area (Å²) in [6.07, 6.45) is 3.90. The minimum absolute atomic E-state index is 0.0170. The van der Waals surface area contributed by atoms with Gasteiger partial charge >= 0.3 is 5.97 Å². The van der Waals surface area contributed by atoms with Gasteiger partial charge in [-0.1, -0.05) is 13.3 Å². The first-order valence-corrected chi connectivity index (χ1v) is 8.06. The fraction of sp³-hybridized carbons (Fsp3) is 0.875. The van der Waals surface area contributed by atoms with Crippen molar-refractivity contribution >= 4 is 11.9 Å². The third-order valence-corrected chi connectivity index (χ3v) is 5.46. The Morgan fingerprint density at radius 1 is 1.24 bits per heavy atom. The Hall–Kier alpha value is -1.10. The molecular formula is C16H25NO4. The Bertz CT molecular complexity index is 438. The molecule has 3 rings (SSSR count). The van der Waals surface area contributed by atoms with Gasteiger partial charge in [-0.3, -0.25) is 4.79 Å². The molecule has 1 amide bonds. The number of carbonyl (C=O) groups excluding carboxylic acids is 2. The van der Waals surface area contributed by atoms with E-state index in [4.69, 9.17) is 9.47 Å². The predicted molar refractivity (Wildman–Crippen MR) is 76.5 cm³/mol. The van der Waals surface area contributed by atoms with Crippen LogP contribution in [0.3, 0.4) is 0 Å².